The number of halogens is 3. The highest BCUT2D eigenvalue weighted by atomic mass is 19.4. The van der Waals surface area contributed by atoms with E-state index in [9.17, 15) is 18.0 Å². The summed E-state index contributed by atoms with van der Waals surface area (Å²) in [5.74, 6) is 0.647. The van der Waals surface area contributed by atoms with Gasteiger partial charge in [-0.25, -0.2) is 15.0 Å². The Balaban J connectivity index is 1.80. The maximum absolute atomic E-state index is 13.5. The van der Waals surface area contributed by atoms with Gasteiger partial charge in [0.15, 0.2) is 17.3 Å². The summed E-state index contributed by atoms with van der Waals surface area (Å²) in [6.45, 7) is 1.56. The zero-order chi connectivity index (χ0) is 23.6. The van der Waals surface area contributed by atoms with Gasteiger partial charge in [0.1, 0.15) is 18.1 Å². The van der Waals surface area contributed by atoms with Gasteiger partial charge in [0.05, 0.1) is 16.6 Å². The number of benzene rings is 1. The summed E-state index contributed by atoms with van der Waals surface area (Å²) in [7, 11) is 1.48. The van der Waals surface area contributed by atoms with E-state index in [0.29, 0.717) is 28.3 Å². The standard InChI is InChI=1S/C23H18F3N5O2/c1-13(32)14-5-7-15(8-6-14)28-21-16-9-10-18(29-22(16)31-19(30-21)12-33-2)20-17(23(24,25)26)4-3-11-27-20/h3-11H,12H2,1-2H3,(H,28,29,30,31). The molecule has 33 heavy (non-hydrogen) atoms. The number of pyridine rings is 2. The first-order valence-corrected chi connectivity index (χ1v) is 9.83. The van der Waals surface area contributed by atoms with Gasteiger partial charge in [-0.15, -0.1) is 0 Å². The molecule has 4 rings (SSSR count). The van der Waals surface area contributed by atoms with E-state index in [2.05, 4.69) is 25.3 Å². The average Bonchev–Trinajstić information content (AvgIpc) is 2.79. The molecular formula is C23H18F3N5O2. The van der Waals surface area contributed by atoms with Crippen LogP contribution in [-0.2, 0) is 17.5 Å². The Morgan fingerprint density at radius 2 is 1.79 bits per heavy atom. The molecular weight excluding hydrogens is 435 g/mol. The van der Waals surface area contributed by atoms with Crippen LogP contribution in [0.4, 0.5) is 24.7 Å². The van der Waals surface area contributed by atoms with Crippen LogP contribution in [0.1, 0.15) is 28.7 Å². The number of Topliss-reactive ketones (excluding diaryl/α,β-unsaturated/α-hetero) is 1. The van der Waals surface area contributed by atoms with E-state index in [1.807, 2.05) is 0 Å². The fraction of sp³-hybridized carbons (Fsp3) is 0.174. The van der Waals surface area contributed by atoms with Crippen molar-refractivity contribution in [3.63, 3.8) is 0 Å². The zero-order valence-corrected chi connectivity index (χ0v) is 17.6. The third kappa shape index (κ3) is 4.80. The largest absolute Gasteiger partial charge is 0.418 e. The lowest BCUT2D eigenvalue weighted by Gasteiger charge is -2.13. The predicted octanol–water partition coefficient (Wildman–Crippen LogP) is 5.20. The van der Waals surface area contributed by atoms with Gasteiger partial charge in [0, 0.05) is 24.6 Å². The van der Waals surface area contributed by atoms with E-state index in [0.717, 1.165) is 6.07 Å². The van der Waals surface area contributed by atoms with E-state index < -0.39 is 11.7 Å². The highest BCUT2D eigenvalue weighted by Crippen LogP contribution is 2.36. The fourth-order valence-corrected chi connectivity index (χ4v) is 3.24. The minimum Gasteiger partial charge on any atom is -0.377 e. The number of alkyl halides is 3. The Labute approximate surface area is 186 Å². The summed E-state index contributed by atoms with van der Waals surface area (Å²) in [6.07, 6.45) is -3.30. The average molecular weight is 453 g/mol. The molecule has 3 aromatic heterocycles. The molecule has 4 aromatic rings. The third-order valence-corrected chi connectivity index (χ3v) is 4.79. The second kappa shape index (κ2) is 8.91. The smallest absolute Gasteiger partial charge is 0.377 e. The molecule has 0 saturated carbocycles. The van der Waals surface area contributed by atoms with Gasteiger partial charge in [-0.05, 0) is 55.5 Å². The molecule has 3 heterocycles. The number of carbonyl (C=O) groups excluding carboxylic acids is 1. The number of ether oxygens (including phenoxy) is 1. The molecule has 10 heteroatoms. The van der Waals surface area contributed by atoms with Gasteiger partial charge >= 0.3 is 6.18 Å². The number of nitrogens with zero attached hydrogens (tertiary/aromatic N) is 4. The Morgan fingerprint density at radius 1 is 1.03 bits per heavy atom. The summed E-state index contributed by atoms with van der Waals surface area (Å²) < 4.78 is 45.5. The van der Waals surface area contributed by atoms with Crippen molar-refractivity contribution in [1.29, 1.82) is 0 Å². The molecule has 0 bridgehead atoms. The molecule has 0 amide bonds. The van der Waals surface area contributed by atoms with Crippen molar-refractivity contribution >= 4 is 28.3 Å². The van der Waals surface area contributed by atoms with Crippen molar-refractivity contribution in [2.75, 3.05) is 12.4 Å². The molecule has 0 aliphatic heterocycles. The van der Waals surface area contributed by atoms with Crippen LogP contribution < -0.4 is 5.32 Å². The number of rotatable bonds is 6. The van der Waals surface area contributed by atoms with Crippen molar-refractivity contribution in [1.82, 2.24) is 19.9 Å². The first kappa shape index (κ1) is 22.3. The molecule has 0 saturated heterocycles. The van der Waals surface area contributed by atoms with Crippen LogP contribution in [0.15, 0.2) is 54.7 Å². The highest BCUT2D eigenvalue weighted by Gasteiger charge is 2.34. The van der Waals surface area contributed by atoms with Crippen molar-refractivity contribution in [3.8, 4) is 11.4 Å². The molecule has 0 aliphatic rings. The minimum absolute atomic E-state index is 0.0363. The summed E-state index contributed by atoms with van der Waals surface area (Å²) >= 11 is 0. The first-order valence-electron chi connectivity index (χ1n) is 9.83. The number of aromatic nitrogens is 4. The lowest BCUT2D eigenvalue weighted by Crippen LogP contribution is -2.09. The van der Waals surface area contributed by atoms with Gasteiger partial charge in [0.25, 0.3) is 0 Å². The molecule has 1 N–H and O–H groups in total. The topological polar surface area (TPSA) is 89.9 Å². The maximum Gasteiger partial charge on any atom is 0.418 e. The Bertz CT molecular complexity index is 1320. The molecule has 0 aliphatic carbocycles. The molecule has 0 atom stereocenters. The van der Waals surface area contributed by atoms with Crippen LogP contribution in [0.2, 0.25) is 0 Å². The molecule has 168 valence electrons. The third-order valence-electron chi connectivity index (χ3n) is 4.79. The second-order valence-electron chi connectivity index (χ2n) is 7.14. The van der Waals surface area contributed by atoms with Crippen LogP contribution in [0.5, 0.6) is 0 Å². The molecule has 1 aromatic carbocycles. The molecule has 0 unspecified atom stereocenters. The number of ketones is 1. The summed E-state index contributed by atoms with van der Waals surface area (Å²) in [5.41, 5.74) is 0.289. The van der Waals surface area contributed by atoms with E-state index in [1.54, 1.807) is 30.3 Å². The molecule has 0 radical (unpaired) electrons. The number of methoxy groups -OCH3 is 1. The van der Waals surface area contributed by atoms with Crippen LogP contribution in [0, 0.1) is 0 Å². The number of nitrogens with one attached hydrogen (secondary N) is 1. The van der Waals surface area contributed by atoms with Crippen LogP contribution in [-0.4, -0.2) is 32.8 Å². The van der Waals surface area contributed by atoms with Crippen molar-refractivity contribution < 1.29 is 22.7 Å². The quantitative estimate of drug-likeness (QED) is 0.402. The first-order chi connectivity index (χ1) is 15.8. The Kier molecular flexibility index (Phi) is 6.01. The highest BCUT2D eigenvalue weighted by molar-refractivity contribution is 5.95. The van der Waals surface area contributed by atoms with Gasteiger partial charge in [0.2, 0.25) is 0 Å². The second-order valence-corrected chi connectivity index (χ2v) is 7.14. The summed E-state index contributed by atoms with van der Waals surface area (Å²) in [4.78, 5) is 28.5. The number of anilines is 2. The normalized spacial score (nSPS) is 11.5. The van der Waals surface area contributed by atoms with Gasteiger partial charge < -0.3 is 10.1 Å². The summed E-state index contributed by atoms with van der Waals surface area (Å²) in [5, 5.41) is 3.65. The van der Waals surface area contributed by atoms with E-state index in [-0.39, 0.29) is 29.4 Å². The lowest BCUT2D eigenvalue weighted by atomic mass is 10.1. The molecule has 7 nitrogen and oxygen atoms in total. The monoisotopic (exact) mass is 453 g/mol. The number of hydrogen-bond donors (Lipinski definition) is 1. The van der Waals surface area contributed by atoms with Gasteiger partial charge in [-0.2, -0.15) is 13.2 Å². The van der Waals surface area contributed by atoms with Gasteiger partial charge in [-0.1, -0.05) is 0 Å². The lowest BCUT2D eigenvalue weighted by molar-refractivity contribution is -0.137. The van der Waals surface area contributed by atoms with E-state index in [1.165, 1.54) is 32.4 Å². The maximum atomic E-state index is 13.5. The van der Waals surface area contributed by atoms with Gasteiger partial charge in [-0.3, -0.25) is 9.78 Å². The van der Waals surface area contributed by atoms with E-state index in [4.69, 9.17) is 4.74 Å². The number of carbonyl (C=O) groups is 1. The van der Waals surface area contributed by atoms with Crippen LogP contribution >= 0.6 is 0 Å². The van der Waals surface area contributed by atoms with Crippen molar-refractivity contribution in [2.45, 2.75) is 19.7 Å². The van der Waals surface area contributed by atoms with Crippen molar-refractivity contribution in [3.05, 3.63) is 71.7 Å². The zero-order valence-electron chi connectivity index (χ0n) is 17.6. The number of fused-ring (bicyclic) bond motifs is 1. The minimum atomic E-state index is -4.58. The Morgan fingerprint density at radius 3 is 2.45 bits per heavy atom. The molecule has 0 fully saturated rings. The Hall–Kier alpha value is -3.92. The van der Waals surface area contributed by atoms with E-state index >= 15 is 0 Å². The fourth-order valence-electron chi connectivity index (χ4n) is 3.24. The molecule has 0 spiro atoms. The van der Waals surface area contributed by atoms with Crippen molar-refractivity contribution in [2.24, 2.45) is 0 Å². The van der Waals surface area contributed by atoms with Crippen LogP contribution in [0.25, 0.3) is 22.4 Å². The SMILES string of the molecule is COCc1nc(Nc2ccc(C(C)=O)cc2)c2ccc(-c3ncccc3C(F)(F)F)nc2n1. The summed E-state index contributed by atoms with van der Waals surface area (Å²) in [6, 6.07) is 12.0. The number of hydrogen-bond acceptors (Lipinski definition) is 7. The predicted molar refractivity (Wildman–Crippen MR) is 116 cm³/mol. The van der Waals surface area contributed by atoms with Crippen LogP contribution in [0.3, 0.4) is 0 Å².